The molecule has 0 radical (unpaired) electrons. The molecule has 0 spiro atoms. The first-order valence-electron chi connectivity index (χ1n) is 8.25. The van der Waals surface area contributed by atoms with Crippen LogP contribution in [0, 0.1) is 0 Å². The Morgan fingerprint density at radius 3 is 2.62 bits per heavy atom. The quantitative estimate of drug-likeness (QED) is 0.823. The largest absolute Gasteiger partial charge is 0.497 e. The summed E-state index contributed by atoms with van der Waals surface area (Å²) in [6.45, 7) is 0. The number of carbonyl (C=O) groups excluding carboxylic acids is 2. The molecular formula is C19H21NO6. The molecule has 2 aliphatic rings. The number of hydrogen-bond donors (Lipinski definition) is 1. The van der Waals surface area contributed by atoms with Gasteiger partial charge in [0.25, 0.3) is 0 Å². The van der Waals surface area contributed by atoms with Gasteiger partial charge < -0.3 is 24.7 Å². The topological polar surface area (TPSA) is 97.1 Å². The number of ether oxygens (including phenoxy) is 4. The Balaban J connectivity index is 2.27. The van der Waals surface area contributed by atoms with Crippen molar-refractivity contribution in [2.45, 2.75) is 25.2 Å². The fraction of sp³-hybridized carbons (Fsp3) is 0.368. The maximum absolute atomic E-state index is 12.7. The van der Waals surface area contributed by atoms with Crippen LogP contribution >= 0.6 is 0 Å². The number of allylic oxidation sites excluding steroid dienone is 2. The third-order valence-electron chi connectivity index (χ3n) is 4.64. The Bertz CT molecular complexity index is 823. The zero-order chi connectivity index (χ0) is 18.8. The summed E-state index contributed by atoms with van der Waals surface area (Å²) in [5.74, 6) is 0.0698. The molecule has 138 valence electrons. The van der Waals surface area contributed by atoms with Crippen molar-refractivity contribution in [3.8, 4) is 11.5 Å². The fourth-order valence-corrected chi connectivity index (χ4v) is 3.44. The molecule has 0 amide bonds. The van der Waals surface area contributed by atoms with Crippen LogP contribution in [0.5, 0.6) is 11.5 Å². The molecule has 0 aromatic heterocycles. The second-order valence-electron chi connectivity index (χ2n) is 6.03. The summed E-state index contributed by atoms with van der Waals surface area (Å²) in [5.41, 5.74) is 7.15. The van der Waals surface area contributed by atoms with Gasteiger partial charge in [-0.1, -0.05) is 0 Å². The summed E-state index contributed by atoms with van der Waals surface area (Å²) in [4.78, 5) is 25.2. The van der Waals surface area contributed by atoms with E-state index in [9.17, 15) is 9.59 Å². The molecule has 1 aliphatic heterocycles. The Morgan fingerprint density at radius 1 is 1.19 bits per heavy atom. The Morgan fingerprint density at radius 2 is 1.96 bits per heavy atom. The minimum Gasteiger partial charge on any atom is -0.497 e. The van der Waals surface area contributed by atoms with Gasteiger partial charge in [0, 0.05) is 24.0 Å². The monoisotopic (exact) mass is 359 g/mol. The predicted molar refractivity (Wildman–Crippen MR) is 92.5 cm³/mol. The van der Waals surface area contributed by atoms with Crippen LogP contribution in [-0.4, -0.2) is 33.1 Å². The summed E-state index contributed by atoms with van der Waals surface area (Å²) >= 11 is 0. The lowest BCUT2D eigenvalue weighted by molar-refractivity contribution is -0.136. The number of esters is 1. The molecule has 0 fully saturated rings. The van der Waals surface area contributed by atoms with Crippen LogP contribution in [0.15, 0.2) is 41.0 Å². The van der Waals surface area contributed by atoms with Crippen LogP contribution in [-0.2, 0) is 19.1 Å². The fourth-order valence-electron chi connectivity index (χ4n) is 3.44. The van der Waals surface area contributed by atoms with Crippen LogP contribution < -0.4 is 15.2 Å². The molecule has 7 nitrogen and oxygen atoms in total. The molecule has 3 rings (SSSR count). The van der Waals surface area contributed by atoms with E-state index in [1.165, 1.54) is 21.3 Å². The van der Waals surface area contributed by atoms with Crippen LogP contribution in [0.25, 0.3) is 0 Å². The molecule has 0 bridgehead atoms. The molecule has 1 atom stereocenters. The summed E-state index contributed by atoms with van der Waals surface area (Å²) in [6.07, 6.45) is 1.65. The van der Waals surface area contributed by atoms with E-state index in [4.69, 9.17) is 24.7 Å². The standard InChI is InChI=1S/C19H21NO6/c1-23-10-7-8-13(24-2)11(9-10)15-16-12(21)5-4-6-14(16)26-18(20)17(15)19(22)25-3/h7-9,15H,4-6,20H2,1-3H3/t15-/m0/s1. The van der Waals surface area contributed by atoms with Crippen LogP contribution in [0.3, 0.4) is 0 Å². The summed E-state index contributed by atoms with van der Waals surface area (Å²) < 4.78 is 21.3. The number of Topliss-reactive ketones (excluding diaryl/α,β-unsaturated/α-hetero) is 1. The van der Waals surface area contributed by atoms with E-state index >= 15 is 0 Å². The van der Waals surface area contributed by atoms with Crippen LogP contribution in [0.2, 0.25) is 0 Å². The molecule has 7 heteroatoms. The molecule has 1 heterocycles. The number of ketones is 1. The number of carbonyl (C=O) groups is 2. The minimum absolute atomic E-state index is 0.0554. The summed E-state index contributed by atoms with van der Waals surface area (Å²) in [6, 6.07) is 5.20. The highest BCUT2D eigenvalue weighted by molar-refractivity contribution is 6.03. The second kappa shape index (κ2) is 7.11. The van der Waals surface area contributed by atoms with E-state index in [-0.39, 0.29) is 17.2 Å². The minimum atomic E-state index is -0.732. The van der Waals surface area contributed by atoms with Crippen molar-refractivity contribution in [3.05, 3.63) is 46.6 Å². The van der Waals surface area contributed by atoms with Gasteiger partial charge in [-0.05, 0) is 24.6 Å². The van der Waals surface area contributed by atoms with Crippen LogP contribution in [0.1, 0.15) is 30.7 Å². The number of nitrogens with two attached hydrogens (primary N) is 1. The molecule has 1 aromatic carbocycles. The normalized spacial score (nSPS) is 19.7. The Hall–Kier alpha value is -2.96. The van der Waals surface area contributed by atoms with Gasteiger partial charge in [0.15, 0.2) is 5.78 Å². The smallest absolute Gasteiger partial charge is 0.340 e. The van der Waals surface area contributed by atoms with Gasteiger partial charge in [-0.15, -0.1) is 0 Å². The number of benzene rings is 1. The number of hydrogen-bond acceptors (Lipinski definition) is 7. The van der Waals surface area contributed by atoms with E-state index in [1.54, 1.807) is 18.2 Å². The SMILES string of the molecule is COC(=O)C1=C(N)OC2=C(C(=O)CCC2)[C@@H]1c1cc(OC)ccc1OC. The Kier molecular flexibility index (Phi) is 4.88. The van der Waals surface area contributed by atoms with Crippen molar-refractivity contribution in [1.29, 1.82) is 0 Å². The zero-order valence-corrected chi connectivity index (χ0v) is 15.0. The van der Waals surface area contributed by atoms with E-state index in [1.807, 2.05) is 0 Å². The molecular weight excluding hydrogens is 338 g/mol. The lowest BCUT2D eigenvalue weighted by atomic mass is 9.77. The molecule has 26 heavy (non-hydrogen) atoms. The summed E-state index contributed by atoms with van der Waals surface area (Å²) in [7, 11) is 4.32. The number of methoxy groups -OCH3 is 3. The average Bonchev–Trinajstić information content (AvgIpc) is 2.66. The highest BCUT2D eigenvalue weighted by Gasteiger charge is 2.42. The molecule has 0 saturated heterocycles. The van der Waals surface area contributed by atoms with Crippen molar-refractivity contribution in [2.24, 2.45) is 5.73 Å². The van der Waals surface area contributed by atoms with E-state index < -0.39 is 11.9 Å². The van der Waals surface area contributed by atoms with E-state index in [2.05, 4.69) is 0 Å². The molecule has 1 aromatic rings. The summed E-state index contributed by atoms with van der Waals surface area (Å²) in [5, 5.41) is 0. The first kappa shape index (κ1) is 17.8. The van der Waals surface area contributed by atoms with Crippen molar-refractivity contribution < 1.29 is 28.5 Å². The van der Waals surface area contributed by atoms with Gasteiger partial charge in [0.1, 0.15) is 22.8 Å². The second-order valence-corrected chi connectivity index (χ2v) is 6.03. The van der Waals surface area contributed by atoms with Gasteiger partial charge >= 0.3 is 5.97 Å². The lowest BCUT2D eigenvalue weighted by Crippen LogP contribution is -2.31. The van der Waals surface area contributed by atoms with Crippen molar-refractivity contribution >= 4 is 11.8 Å². The third kappa shape index (κ3) is 2.89. The maximum Gasteiger partial charge on any atom is 0.340 e. The van der Waals surface area contributed by atoms with Gasteiger partial charge in [-0.25, -0.2) is 4.79 Å². The first-order valence-corrected chi connectivity index (χ1v) is 8.25. The average molecular weight is 359 g/mol. The predicted octanol–water partition coefficient (Wildman–Crippen LogP) is 2.17. The number of rotatable bonds is 4. The first-order chi connectivity index (χ1) is 12.5. The lowest BCUT2D eigenvalue weighted by Gasteiger charge is -2.32. The van der Waals surface area contributed by atoms with E-state index in [0.717, 1.165) is 0 Å². The van der Waals surface area contributed by atoms with Gasteiger partial charge in [0.2, 0.25) is 5.88 Å². The molecule has 0 saturated carbocycles. The highest BCUT2D eigenvalue weighted by atomic mass is 16.5. The molecule has 0 unspecified atom stereocenters. The molecule has 2 N–H and O–H groups in total. The highest BCUT2D eigenvalue weighted by Crippen LogP contribution is 2.47. The van der Waals surface area contributed by atoms with Gasteiger partial charge in [-0.2, -0.15) is 0 Å². The van der Waals surface area contributed by atoms with Gasteiger partial charge in [-0.3, -0.25) is 4.79 Å². The zero-order valence-electron chi connectivity index (χ0n) is 15.0. The van der Waals surface area contributed by atoms with E-state index in [0.29, 0.717) is 47.7 Å². The third-order valence-corrected chi connectivity index (χ3v) is 4.64. The Labute approximate surface area is 151 Å². The van der Waals surface area contributed by atoms with Crippen LogP contribution in [0.4, 0.5) is 0 Å². The van der Waals surface area contributed by atoms with Gasteiger partial charge in [0.05, 0.1) is 27.2 Å². The molecule has 1 aliphatic carbocycles. The van der Waals surface area contributed by atoms with Crippen molar-refractivity contribution in [1.82, 2.24) is 0 Å². The maximum atomic E-state index is 12.7. The van der Waals surface area contributed by atoms with Crippen molar-refractivity contribution in [2.75, 3.05) is 21.3 Å². The van der Waals surface area contributed by atoms with Crippen molar-refractivity contribution in [3.63, 3.8) is 0 Å².